The maximum atomic E-state index is 12.2. The van der Waals surface area contributed by atoms with Crippen LogP contribution in [0.1, 0.15) is 24.0 Å². The van der Waals surface area contributed by atoms with Crippen LogP contribution in [-0.4, -0.2) is 25.4 Å². The molecule has 0 spiro atoms. The largest absolute Gasteiger partial charge is 0.328 e. The Morgan fingerprint density at radius 1 is 1.35 bits per heavy atom. The molecule has 0 saturated heterocycles. The lowest BCUT2D eigenvalue weighted by molar-refractivity contribution is -0.385. The molecule has 0 aliphatic heterocycles. The Hall–Kier alpha value is -1.51. The summed E-state index contributed by atoms with van der Waals surface area (Å²) in [6.45, 7) is 3.25. The zero-order valence-electron chi connectivity index (χ0n) is 11.3. The molecule has 7 nitrogen and oxygen atoms in total. The summed E-state index contributed by atoms with van der Waals surface area (Å²) in [6.07, 6.45) is 1.18. The highest BCUT2D eigenvalue weighted by Crippen LogP contribution is 2.27. The summed E-state index contributed by atoms with van der Waals surface area (Å²) in [5.74, 6) is 0. The van der Waals surface area contributed by atoms with E-state index in [9.17, 15) is 18.5 Å². The molecule has 2 rings (SSSR count). The Balaban J connectivity index is 2.34. The van der Waals surface area contributed by atoms with Gasteiger partial charge < -0.3 is 5.73 Å². The van der Waals surface area contributed by atoms with Crippen molar-refractivity contribution in [2.24, 2.45) is 5.73 Å². The number of sulfonamides is 1. The third-order valence-corrected chi connectivity index (χ3v) is 5.12. The average Bonchev–Trinajstić information content (AvgIpc) is 2.29. The first-order valence-electron chi connectivity index (χ1n) is 6.24. The fraction of sp³-hybridized carbons (Fsp3) is 0.500. The second-order valence-corrected chi connectivity index (χ2v) is 6.91. The summed E-state index contributed by atoms with van der Waals surface area (Å²) < 4.78 is 26.9. The quantitative estimate of drug-likeness (QED) is 0.635. The number of benzene rings is 1. The van der Waals surface area contributed by atoms with Gasteiger partial charge >= 0.3 is 0 Å². The number of nitrogens with two attached hydrogens (primary N) is 1. The van der Waals surface area contributed by atoms with Crippen molar-refractivity contribution in [2.75, 3.05) is 0 Å². The van der Waals surface area contributed by atoms with Crippen LogP contribution in [0.2, 0.25) is 0 Å². The molecule has 0 atom stereocenters. The number of nitro groups is 1. The van der Waals surface area contributed by atoms with Crippen molar-refractivity contribution in [3.05, 3.63) is 33.4 Å². The van der Waals surface area contributed by atoms with Gasteiger partial charge in [0.15, 0.2) is 0 Å². The second-order valence-electron chi connectivity index (χ2n) is 5.19. The predicted molar refractivity (Wildman–Crippen MR) is 73.9 cm³/mol. The Labute approximate surface area is 117 Å². The molecule has 1 aliphatic rings. The van der Waals surface area contributed by atoms with Crippen molar-refractivity contribution in [3.8, 4) is 0 Å². The van der Waals surface area contributed by atoms with Gasteiger partial charge in [0, 0.05) is 23.7 Å². The van der Waals surface area contributed by atoms with E-state index in [0.29, 0.717) is 24.0 Å². The smallest absolute Gasteiger partial charge is 0.273 e. The minimum Gasteiger partial charge on any atom is -0.328 e. The number of hydrogen-bond acceptors (Lipinski definition) is 5. The Kier molecular flexibility index (Phi) is 3.81. The second kappa shape index (κ2) is 5.12. The molecular formula is C12H17N3O4S. The maximum absolute atomic E-state index is 12.2. The minimum absolute atomic E-state index is 0.0248. The lowest BCUT2D eigenvalue weighted by Crippen LogP contribution is -2.50. The fourth-order valence-corrected chi connectivity index (χ4v) is 3.56. The standard InChI is InChI=1S/C12H17N3O4S/c1-7-3-11(6-12(8(7)2)15(16)17)20(18,19)14-10-4-9(13)5-10/h3,6,9-10,14H,4-5,13H2,1-2H3. The lowest BCUT2D eigenvalue weighted by Gasteiger charge is -2.32. The van der Waals surface area contributed by atoms with Gasteiger partial charge in [-0.15, -0.1) is 0 Å². The SMILES string of the molecule is Cc1cc(S(=O)(=O)NC2CC(N)C2)cc([N+](=O)[O-])c1C. The summed E-state index contributed by atoms with van der Waals surface area (Å²) >= 11 is 0. The first-order valence-corrected chi connectivity index (χ1v) is 7.72. The molecule has 20 heavy (non-hydrogen) atoms. The molecule has 0 radical (unpaired) electrons. The Morgan fingerprint density at radius 3 is 2.45 bits per heavy atom. The van der Waals surface area contributed by atoms with Gasteiger partial charge in [-0.2, -0.15) is 0 Å². The van der Waals surface area contributed by atoms with Crippen molar-refractivity contribution >= 4 is 15.7 Å². The molecule has 1 aliphatic carbocycles. The first kappa shape index (κ1) is 14.9. The molecule has 0 heterocycles. The highest BCUT2D eigenvalue weighted by Gasteiger charge is 2.31. The monoisotopic (exact) mass is 299 g/mol. The predicted octanol–water partition coefficient (Wildman–Crippen LogP) is 0.980. The average molecular weight is 299 g/mol. The van der Waals surface area contributed by atoms with Crippen LogP contribution in [-0.2, 0) is 10.0 Å². The summed E-state index contributed by atoms with van der Waals surface area (Å²) in [5, 5.41) is 11.0. The Morgan fingerprint density at radius 2 is 1.95 bits per heavy atom. The molecule has 8 heteroatoms. The number of hydrogen-bond donors (Lipinski definition) is 2. The molecule has 1 aromatic carbocycles. The van der Waals surface area contributed by atoms with Crippen molar-refractivity contribution in [1.82, 2.24) is 4.72 Å². The van der Waals surface area contributed by atoms with E-state index in [1.54, 1.807) is 13.8 Å². The Bertz CT molecular complexity index is 651. The molecule has 0 unspecified atom stereocenters. The molecule has 0 bridgehead atoms. The number of nitrogens with one attached hydrogen (secondary N) is 1. The molecule has 110 valence electrons. The lowest BCUT2D eigenvalue weighted by atomic mass is 9.89. The first-order chi connectivity index (χ1) is 9.20. The molecule has 1 aromatic rings. The third kappa shape index (κ3) is 2.82. The fourth-order valence-electron chi connectivity index (χ4n) is 2.20. The zero-order chi connectivity index (χ0) is 15.1. The van der Waals surface area contributed by atoms with E-state index in [-0.39, 0.29) is 22.7 Å². The van der Waals surface area contributed by atoms with Gasteiger partial charge in [-0.1, -0.05) is 0 Å². The third-order valence-electron chi connectivity index (χ3n) is 3.62. The molecule has 3 N–H and O–H groups in total. The van der Waals surface area contributed by atoms with Crippen LogP contribution in [0, 0.1) is 24.0 Å². The van der Waals surface area contributed by atoms with Crippen LogP contribution < -0.4 is 10.5 Å². The van der Waals surface area contributed by atoms with E-state index in [0.717, 1.165) is 6.07 Å². The molecule has 0 amide bonds. The summed E-state index contributed by atoms with van der Waals surface area (Å²) in [7, 11) is -3.75. The normalized spacial score (nSPS) is 22.4. The van der Waals surface area contributed by atoms with Gasteiger partial charge in [-0.05, 0) is 38.3 Å². The van der Waals surface area contributed by atoms with Gasteiger partial charge in [0.25, 0.3) is 5.69 Å². The molecule has 0 aromatic heterocycles. The van der Waals surface area contributed by atoms with Crippen molar-refractivity contribution in [3.63, 3.8) is 0 Å². The van der Waals surface area contributed by atoms with Crippen LogP contribution in [0.3, 0.4) is 0 Å². The van der Waals surface area contributed by atoms with Gasteiger partial charge in [0.1, 0.15) is 0 Å². The number of aryl methyl sites for hydroxylation is 1. The van der Waals surface area contributed by atoms with Crippen LogP contribution in [0.5, 0.6) is 0 Å². The van der Waals surface area contributed by atoms with Crippen molar-refractivity contribution in [2.45, 2.75) is 43.7 Å². The van der Waals surface area contributed by atoms with Crippen molar-refractivity contribution in [1.29, 1.82) is 0 Å². The topological polar surface area (TPSA) is 115 Å². The van der Waals surface area contributed by atoms with Crippen molar-refractivity contribution < 1.29 is 13.3 Å². The molecule has 1 fully saturated rings. The highest BCUT2D eigenvalue weighted by atomic mass is 32.2. The van der Waals surface area contributed by atoms with E-state index in [2.05, 4.69) is 4.72 Å². The van der Waals surface area contributed by atoms with E-state index in [4.69, 9.17) is 5.73 Å². The number of rotatable bonds is 4. The van der Waals surface area contributed by atoms with Crippen LogP contribution in [0.25, 0.3) is 0 Å². The summed E-state index contributed by atoms with van der Waals surface area (Å²) in [4.78, 5) is 10.3. The molecule has 1 saturated carbocycles. The number of nitro benzene ring substituents is 1. The molecular weight excluding hydrogens is 282 g/mol. The highest BCUT2D eigenvalue weighted by molar-refractivity contribution is 7.89. The summed E-state index contributed by atoms with van der Waals surface area (Å²) in [6, 6.07) is 2.39. The van der Waals surface area contributed by atoms with Gasteiger partial charge in [0.05, 0.1) is 9.82 Å². The zero-order valence-corrected chi connectivity index (χ0v) is 12.1. The maximum Gasteiger partial charge on any atom is 0.273 e. The number of nitrogens with zero attached hydrogens (tertiary/aromatic N) is 1. The van der Waals surface area contributed by atoms with Gasteiger partial charge in [0.2, 0.25) is 10.0 Å². The summed E-state index contributed by atoms with van der Waals surface area (Å²) in [5.41, 5.74) is 6.47. The minimum atomic E-state index is -3.75. The van der Waals surface area contributed by atoms with Crippen LogP contribution in [0.15, 0.2) is 17.0 Å². The van der Waals surface area contributed by atoms with E-state index in [1.807, 2.05) is 0 Å². The van der Waals surface area contributed by atoms with E-state index < -0.39 is 14.9 Å². The van der Waals surface area contributed by atoms with Gasteiger partial charge in [-0.25, -0.2) is 13.1 Å². The van der Waals surface area contributed by atoms with Crippen LogP contribution >= 0.6 is 0 Å². The van der Waals surface area contributed by atoms with E-state index in [1.165, 1.54) is 6.07 Å². The van der Waals surface area contributed by atoms with Crippen LogP contribution in [0.4, 0.5) is 5.69 Å². The van der Waals surface area contributed by atoms with E-state index >= 15 is 0 Å². The van der Waals surface area contributed by atoms with Gasteiger partial charge in [-0.3, -0.25) is 10.1 Å².